The van der Waals surface area contributed by atoms with Crippen LogP contribution in [0.2, 0.25) is 0 Å². The highest BCUT2D eigenvalue weighted by Crippen LogP contribution is 2.52. The summed E-state index contributed by atoms with van der Waals surface area (Å²) >= 11 is 0. The van der Waals surface area contributed by atoms with Gasteiger partial charge in [0.05, 0.1) is 17.8 Å². The fourth-order valence-electron chi connectivity index (χ4n) is 5.03. The second-order valence-corrected chi connectivity index (χ2v) is 8.62. The van der Waals surface area contributed by atoms with Crippen molar-refractivity contribution in [3.05, 3.63) is 23.3 Å². The maximum atomic E-state index is 11.0. The van der Waals surface area contributed by atoms with Crippen LogP contribution in [0.4, 0.5) is 0 Å². The van der Waals surface area contributed by atoms with Crippen LogP contribution in [-0.2, 0) is 4.74 Å². The number of allylic oxidation sites excluding steroid dienone is 2. The molecule has 0 unspecified atom stereocenters. The van der Waals surface area contributed by atoms with E-state index in [0.717, 1.165) is 32.1 Å². The van der Waals surface area contributed by atoms with E-state index in [-0.39, 0.29) is 17.1 Å². The summed E-state index contributed by atoms with van der Waals surface area (Å²) in [5.74, 6) is 0.653. The monoisotopic (exact) mass is 304 g/mol. The summed E-state index contributed by atoms with van der Waals surface area (Å²) in [5, 5.41) is 11.0. The first-order chi connectivity index (χ1) is 10.2. The minimum Gasteiger partial charge on any atom is -0.389 e. The average Bonchev–Trinajstić information content (AvgIpc) is 3.03. The van der Waals surface area contributed by atoms with Crippen LogP contribution in [0.25, 0.3) is 0 Å². The van der Waals surface area contributed by atoms with Crippen LogP contribution < -0.4 is 0 Å². The lowest BCUT2D eigenvalue weighted by Crippen LogP contribution is -2.38. The minimum absolute atomic E-state index is 0.0853. The van der Waals surface area contributed by atoms with Crippen LogP contribution >= 0.6 is 0 Å². The summed E-state index contributed by atoms with van der Waals surface area (Å²) in [6, 6.07) is 0. The molecule has 1 saturated heterocycles. The van der Waals surface area contributed by atoms with Gasteiger partial charge in [0.25, 0.3) is 0 Å². The molecule has 22 heavy (non-hydrogen) atoms. The van der Waals surface area contributed by atoms with Crippen molar-refractivity contribution in [1.29, 1.82) is 0 Å². The predicted octanol–water partition coefficient (Wildman–Crippen LogP) is 4.78. The fourth-order valence-corrected chi connectivity index (χ4v) is 5.03. The molecule has 2 heteroatoms. The topological polar surface area (TPSA) is 32.8 Å². The third kappa shape index (κ3) is 2.80. The molecule has 0 aromatic carbocycles. The zero-order valence-electron chi connectivity index (χ0n) is 14.7. The second-order valence-electron chi connectivity index (χ2n) is 8.62. The lowest BCUT2D eigenvalue weighted by molar-refractivity contribution is 0.105. The van der Waals surface area contributed by atoms with Crippen molar-refractivity contribution in [1.82, 2.24) is 0 Å². The number of aliphatic hydroxyl groups excluding tert-OH is 1. The van der Waals surface area contributed by atoms with Gasteiger partial charge in [-0.25, -0.2) is 0 Å². The Morgan fingerprint density at radius 3 is 2.45 bits per heavy atom. The number of rotatable bonds is 0. The van der Waals surface area contributed by atoms with E-state index in [2.05, 4.69) is 34.3 Å². The Balaban J connectivity index is 1.92. The quantitative estimate of drug-likeness (QED) is 0.516. The van der Waals surface area contributed by atoms with Crippen molar-refractivity contribution in [2.75, 3.05) is 0 Å². The largest absolute Gasteiger partial charge is 0.389 e. The van der Waals surface area contributed by atoms with E-state index in [1.807, 2.05) is 0 Å². The molecule has 1 heterocycles. The van der Waals surface area contributed by atoms with Crippen LogP contribution in [-0.4, -0.2) is 22.9 Å². The van der Waals surface area contributed by atoms with Crippen molar-refractivity contribution >= 4 is 0 Å². The molecule has 2 nitrogen and oxygen atoms in total. The molecule has 0 aromatic heterocycles. The summed E-state index contributed by atoms with van der Waals surface area (Å²) in [6.45, 7) is 13.3. The Labute approximate surface area is 135 Å². The van der Waals surface area contributed by atoms with Crippen molar-refractivity contribution in [2.24, 2.45) is 11.3 Å². The highest BCUT2D eigenvalue weighted by atomic mass is 16.6. The molecule has 2 bridgehead atoms. The lowest BCUT2D eigenvalue weighted by Gasteiger charge is -2.44. The van der Waals surface area contributed by atoms with E-state index in [4.69, 9.17) is 4.74 Å². The summed E-state index contributed by atoms with van der Waals surface area (Å²) in [4.78, 5) is 0. The van der Waals surface area contributed by atoms with Gasteiger partial charge in [-0.05, 0) is 69.3 Å². The maximum Gasteiger partial charge on any atom is 0.0948 e. The molecule has 0 spiro atoms. The third-order valence-electron chi connectivity index (χ3n) is 6.62. The molecular weight excluding hydrogens is 272 g/mol. The standard InChI is InChI=1S/C20H32O2/c1-13-6-9-15-10-8-14(2)18(19(15,3)4)16(21)12-20(5)17(22-20)11-7-13/h15-17,21H,1,6-12H2,2-5H3/t15-,16-,17-,20+/m1/s1. The van der Waals surface area contributed by atoms with Gasteiger partial charge in [0.1, 0.15) is 0 Å². The summed E-state index contributed by atoms with van der Waals surface area (Å²) in [7, 11) is 0. The summed E-state index contributed by atoms with van der Waals surface area (Å²) in [6.07, 6.45) is 7.55. The van der Waals surface area contributed by atoms with Gasteiger partial charge >= 0.3 is 0 Å². The van der Waals surface area contributed by atoms with Gasteiger partial charge in [-0.2, -0.15) is 0 Å². The number of epoxide rings is 1. The second kappa shape index (κ2) is 5.49. The van der Waals surface area contributed by atoms with Crippen LogP contribution in [0.5, 0.6) is 0 Å². The van der Waals surface area contributed by atoms with Gasteiger partial charge in [0, 0.05) is 6.42 Å². The Hall–Kier alpha value is -0.600. The molecule has 1 N–H and O–H groups in total. The number of hydrogen-bond donors (Lipinski definition) is 1. The molecule has 2 aliphatic carbocycles. The first-order valence-corrected chi connectivity index (χ1v) is 8.96. The van der Waals surface area contributed by atoms with Gasteiger partial charge in [0.2, 0.25) is 0 Å². The van der Waals surface area contributed by atoms with Gasteiger partial charge in [-0.1, -0.05) is 31.6 Å². The number of fused-ring (bicyclic) bond motifs is 3. The molecule has 124 valence electrons. The van der Waals surface area contributed by atoms with Crippen molar-refractivity contribution < 1.29 is 9.84 Å². The SMILES string of the molecule is C=C1CC[C@@H]2CCC(C)=C([C@H](O)C[C@]3(C)O[C@@H]3CC1)C2(C)C. The summed E-state index contributed by atoms with van der Waals surface area (Å²) < 4.78 is 5.95. The minimum atomic E-state index is -0.351. The zero-order chi connectivity index (χ0) is 16.1. The average molecular weight is 304 g/mol. The van der Waals surface area contributed by atoms with Gasteiger partial charge < -0.3 is 9.84 Å². The van der Waals surface area contributed by atoms with E-state index < -0.39 is 0 Å². The Bertz CT molecular complexity index is 502. The van der Waals surface area contributed by atoms with Gasteiger partial charge in [-0.3, -0.25) is 0 Å². The molecule has 0 radical (unpaired) electrons. The number of hydrogen-bond acceptors (Lipinski definition) is 2. The molecule has 3 rings (SSSR count). The van der Waals surface area contributed by atoms with Crippen molar-refractivity contribution in [2.45, 2.75) is 90.4 Å². The maximum absolute atomic E-state index is 11.0. The Morgan fingerprint density at radius 1 is 1.09 bits per heavy atom. The highest BCUT2D eigenvalue weighted by Gasteiger charge is 2.54. The smallest absolute Gasteiger partial charge is 0.0948 e. The molecular formula is C20H32O2. The predicted molar refractivity (Wildman–Crippen MR) is 90.7 cm³/mol. The summed E-state index contributed by atoms with van der Waals surface area (Å²) in [5.41, 5.74) is 4.04. The molecule has 4 atom stereocenters. The van der Waals surface area contributed by atoms with E-state index in [1.165, 1.54) is 29.6 Å². The van der Waals surface area contributed by atoms with E-state index >= 15 is 0 Å². The van der Waals surface area contributed by atoms with Crippen molar-refractivity contribution in [3.8, 4) is 0 Å². The van der Waals surface area contributed by atoms with Crippen LogP contribution in [0.15, 0.2) is 23.3 Å². The number of ether oxygens (including phenoxy) is 1. The fraction of sp³-hybridized carbons (Fsp3) is 0.800. The molecule has 1 saturated carbocycles. The zero-order valence-corrected chi connectivity index (χ0v) is 14.7. The first kappa shape index (κ1) is 16.3. The van der Waals surface area contributed by atoms with Crippen LogP contribution in [0.1, 0.15) is 72.6 Å². The van der Waals surface area contributed by atoms with Gasteiger partial charge in [-0.15, -0.1) is 0 Å². The molecule has 1 aliphatic heterocycles. The molecule has 2 fully saturated rings. The van der Waals surface area contributed by atoms with Crippen LogP contribution in [0, 0.1) is 11.3 Å². The highest BCUT2D eigenvalue weighted by molar-refractivity contribution is 5.29. The lowest BCUT2D eigenvalue weighted by atomic mass is 9.61. The van der Waals surface area contributed by atoms with Gasteiger partial charge in [0.15, 0.2) is 0 Å². The Kier molecular flexibility index (Phi) is 4.06. The number of aliphatic hydroxyl groups is 1. The molecule has 0 amide bonds. The Morgan fingerprint density at radius 2 is 1.73 bits per heavy atom. The first-order valence-electron chi connectivity index (χ1n) is 8.96. The third-order valence-corrected chi connectivity index (χ3v) is 6.62. The molecule has 0 aromatic rings. The normalized spacial score (nSPS) is 42.2. The van der Waals surface area contributed by atoms with E-state index in [9.17, 15) is 5.11 Å². The van der Waals surface area contributed by atoms with Crippen LogP contribution in [0.3, 0.4) is 0 Å². The molecule has 3 aliphatic rings. The van der Waals surface area contributed by atoms with E-state index in [1.54, 1.807) is 0 Å². The van der Waals surface area contributed by atoms with E-state index in [0.29, 0.717) is 12.0 Å². The van der Waals surface area contributed by atoms with Crippen molar-refractivity contribution in [3.63, 3.8) is 0 Å².